The van der Waals surface area contributed by atoms with Crippen LogP contribution in [-0.2, 0) is 4.79 Å². The van der Waals surface area contributed by atoms with Crippen molar-refractivity contribution in [2.75, 3.05) is 39.8 Å². The fraction of sp³-hybridized carbons (Fsp3) is 0.500. The van der Waals surface area contributed by atoms with Crippen molar-refractivity contribution in [1.82, 2.24) is 24.9 Å². The lowest BCUT2D eigenvalue weighted by Crippen LogP contribution is -2.53. The van der Waals surface area contributed by atoms with E-state index in [1.807, 2.05) is 22.4 Å². The van der Waals surface area contributed by atoms with Gasteiger partial charge in [0.05, 0.1) is 10.6 Å². The first kappa shape index (κ1) is 17.2. The van der Waals surface area contributed by atoms with Gasteiger partial charge in [-0.15, -0.1) is 11.3 Å². The average molecular weight is 373 g/mol. The monoisotopic (exact) mass is 373 g/mol. The number of carbonyl (C=O) groups excluding carboxylic acids is 2. The minimum Gasteiger partial charge on any atom is -0.338 e. The number of nitrogens with one attached hydrogen (secondary N) is 1. The van der Waals surface area contributed by atoms with Gasteiger partial charge in [-0.3, -0.25) is 14.7 Å². The molecule has 138 valence electrons. The number of carbonyl (C=O) groups is 2. The molecule has 2 aromatic rings. The van der Waals surface area contributed by atoms with Gasteiger partial charge in [0, 0.05) is 32.7 Å². The van der Waals surface area contributed by atoms with Gasteiger partial charge in [0.1, 0.15) is 6.04 Å². The molecule has 8 heteroatoms. The van der Waals surface area contributed by atoms with Gasteiger partial charge in [-0.05, 0) is 37.4 Å². The minimum absolute atomic E-state index is 0.0814. The van der Waals surface area contributed by atoms with E-state index in [0.29, 0.717) is 12.2 Å². The van der Waals surface area contributed by atoms with Crippen molar-refractivity contribution in [3.05, 3.63) is 29.3 Å². The highest BCUT2D eigenvalue weighted by molar-refractivity contribution is 7.13. The van der Waals surface area contributed by atoms with E-state index in [4.69, 9.17) is 0 Å². The number of aromatic amines is 1. The third kappa shape index (κ3) is 3.26. The maximum Gasteiger partial charge on any atom is 0.275 e. The molecular formula is C18H23N5O2S. The number of rotatable bonds is 3. The summed E-state index contributed by atoms with van der Waals surface area (Å²) >= 11 is 1.60. The molecule has 4 rings (SSSR count). The lowest BCUT2D eigenvalue weighted by Gasteiger charge is -2.35. The zero-order chi connectivity index (χ0) is 18.1. The Kier molecular flexibility index (Phi) is 4.78. The number of likely N-dealkylation sites (N-methyl/N-ethyl adjacent to an activating group) is 1. The predicted molar refractivity (Wildman–Crippen MR) is 100 cm³/mol. The molecule has 0 aliphatic carbocycles. The maximum absolute atomic E-state index is 12.9. The first-order valence-corrected chi connectivity index (χ1v) is 9.89. The second kappa shape index (κ2) is 7.20. The van der Waals surface area contributed by atoms with Crippen molar-refractivity contribution in [3.8, 4) is 10.6 Å². The summed E-state index contributed by atoms with van der Waals surface area (Å²) in [6, 6.07) is 5.38. The minimum atomic E-state index is -0.354. The Balaban J connectivity index is 1.47. The Bertz CT molecular complexity index is 779. The van der Waals surface area contributed by atoms with Crippen LogP contribution in [0.3, 0.4) is 0 Å². The van der Waals surface area contributed by atoms with Gasteiger partial charge in [-0.2, -0.15) is 5.10 Å². The highest BCUT2D eigenvalue weighted by Gasteiger charge is 2.38. The van der Waals surface area contributed by atoms with E-state index >= 15 is 0 Å². The smallest absolute Gasteiger partial charge is 0.275 e. The number of amides is 2. The van der Waals surface area contributed by atoms with E-state index in [1.165, 1.54) is 0 Å². The molecule has 4 heterocycles. The lowest BCUT2D eigenvalue weighted by atomic mass is 10.1. The van der Waals surface area contributed by atoms with E-state index in [2.05, 4.69) is 22.1 Å². The SMILES string of the molecule is CN1CCN(C(=O)C2CCCN2C(=O)c2cc(-c3cccs3)[nH]n2)CC1. The van der Waals surface area contributed by atoms with Gasteiger partial charge in [0.2, 0.25) is 5.91 Å². The van der Waals surface area contributed by atoms with E-state index in [-0.39, 0.29) is 17.9 Å². The van der Waals surface area contributed by atoms with Gasteiger partial charge < -0.3 is 14.7 Å². The van der Waals surface area contributed by atoms with Crippen LogP contribution in [0.4, 0.5) is 0 Å². The normalized spacial score (nSPS) is 21.3. The summed E-state index contributed by atoms with van der Waals surface area (Å²) in [4.78, 5) is 32.7. The molecule has 2 fully saturated rings. The molecule has 0 aromatic carbocycles. The molecule has 26 heavy (non-hydrogen) atoms. The molecule has 0 bridgehead atoms. The Labute approximate surface area is 156 Å². The third-order valence-electron chi connectivity index (χ3n) is 5.20. The van der Waals surface area contributed by atoms with Crippen LogP contribution in [0.2, 0.25) is 0 Å². The number of thiophene rings is 1. The first-order valence-electron chi connectivity index (χ1n) is 9.01. The molecule has 1 N–H and O–H groups in total. The molecular weight excluding hydrogens is 350 g/mol. The Hall–Kier alpha value is -2.19. The quantitative estimate of drug-likeness (QED) is 0.885. The fourth-order valence-electron chi connectivity index (χ4n) is 3.64. The summed E-state index contributed by atoms with van der Waals surface area (Å²) in [5, 5.41) is 9.12. The number of hydrogen-bond acceptors (Lipinski definition) is 5. The van der Waals surface area contributed by atoms with Crippen molar-refractivity contribution in [2.45, 2.75) is 18.9 Å². The molecule has 0 spiro atoms. The zero-order valence-electron chi connectivity index (χ0n) is 14.9. The molecule has 2 aliphatic heterocycles. The van der Waals surface area contributed by atoms with Crippen LogP contribution in [0.1, 0.15) is 23.3 Å². The number of aromatic nitrogens is 2. The molecule has 1 unspecified atom stereocenters. The summed E-state index contributed by atoms with van der Waals surface area (Å²) < 4.78 is 0. The summed E-state index contributed by atoms with van der Waals surface area (Å²) in [6.45, 7) is 3.85. The maximum atomic E-state index is 12.9. The van der Waals surface area contributed by atoms with E-state index < -0.39 is 0 Å². The highest BCUT2D eigenvalue weighted by Crippen LogP contribution is 2.26. The van der Waals surface area contributed by atoms with Gasteiger partial charge in [0.15, 0.2) is 5.69 Å². The van der Waals surface area contributed by atoms with Crippen LogP contribution in [0.5, 0.6) is 0 Å². The number of H-pyrrole nitrogens is 1. The van der Waals surface area contributed by atoms with Crippen LogP contribution in [0.25, 0.3) is 10.6 Å². The van der Waals surface area contributed by atoms with Crippen molar-refractivity contribution in [3.63, 3.8) is 0 Å². The predicted octanol–water partition coefficient (Wildman–Crippen LogP) is 1.52. The van der Waals surface area contributed by atoms with Crippen LogP contribution in [0.15, 0.2) is 23.6 Å². The molecule has 2 aromatic heterocycles. The molecule has 2 aliphatic rings. The van der Waals surface area contributed by atoms with Crippen LogP contribution >= 0.6 is 11.3 Å². The van der Waals surface area contributed by atoms with Crippen molar-refractivity contribution < 1.29 is 9.59 Å². The molecule has 2 saturated heterocycles. The van der Waals surface area contributed by atoms with Gasteiger partial charge in [-0.25, -0.2) is 0 Å². The second-order valence-corrected chi connectivity index (χ2v) is 7.88. The van der Waals surface area contributed by atoms with Gasteiger partial charge in [0.25, 0.3) is 5.91 Å². The van der Waals surface area contributed by atoms with Crippen molar-refractivity contribution in [1.29, 1.82) is 0 Å². The summed E-state index contributed by atoms with van der Waals surface area (Å²) in [5.41, 5.74) is 1.22. The molecule has 0 radical (unpaired) electrons. The topological polar surface area (TPSA) is 72.5 Å². The van der Waals surface area contributed by atoms with Crippen molar-refractivity contribution in [2.24, 2.45) is 0 Å². The fourth-order valence-corrected chi connectivity index (χ4v) is 4.33. The average Bonchev–Trinajstić information content (AvgIpc) is 3.42. The Morgan fingerprint density at radius 2 is 2.04 bits per heavy atom. The number of hydrogen-bond donors (Lipinski definition) is 1. The lowest BCUT2D eigenvalue weighted by molar-refractivity contribution is -0.136. The van der Waals surface area contributed by atoms with Crippen LogP contribution in [0, 0.1) is 0 Å². The molecule has 1 atom stereocenters. The Morgan fingerprint density at radius 3 is 2.77 bits per heavy atom. The highest BCUT2D eigenvalue weighted by atomic mass is 32.1. The van der Waals surface area contributed by atoms with Gasteiger partial charge in [-0.1, -0.05) is 6.07 Å². The van der Waals surface area contributed by atoms with Gasteiger partial charge >= 0.3 is 0 Å². The first-order chi connectivity index (χ1) is 12.6. The standard InChI is InChI=1S/C18H23N5O2S/c1-21-7-9-22(10-8-21)18(25)15-4-2-6-23(15)17(24)14-12-13(19-20-14)16-5-3-11-26-16/h3,5,11-12,15H,2,4,6-10H2,1H3,(H,19,20). The zero-order valence-corrected chi connectivity index (χ0v) is 15.7. The Morgan fingerprint density at radius 1 is 1.23 bits per heavy atom. The third-order valence-corrected chi connectivity index (χ3v) is 6.10. The molecule has 0 saturated carbocycles. The van der Waals surface area contributed by atoms with Crippen LogP contribution in [-0.4, -0.2) is 82.5 Å². The van der Waals surface area contributed by atoms with E-state index in [0.717, 1.165) is 49.6 Å². The summed E-state index contributed by atoms with van der Waals surface area (Å²) in [5.74, 6) is -0.0769. The van der Waals surface area contributed by atoms with E-state index in [1.54, 1.807) is 22.3 Å². The second-order valence-electron chi connectivity index (χ2n) is 6.93. The summed E-state index contributed by atoms with van der Waals surface area (Å²) in [7, 11) is 2.07. The number of likely N-dealkylation sites (tertiary alicyclic amines) is 1. The van der Waals surface area contributed by atoms with Crippen molar-refractivity contribution >= 4 is 23.2 Å². The summed E-state index contributed by atoms with van der Waals surface area (Å²) in [6.07, 6.45) is 1.59. The van der Waals surface area contributed by atoms with Crippen LogP contribution < -0.4 is 0 Å². The molecule has 2 amide bonds. The number of piperazine rings is 1. The number of nitrogens with zero attached hydrogens (tertiary/aromatic N) is 4. The molecule has 7 nitrogen and oxygen atoms in total. The largest absolute Gasteiger partial charge is 0.338 e. The van der Waals surface area contributed by atoms with E-state index in [9.17, 15) is 9.59 Å².